The molecule has 94 valence electrons. The fourth-order valence-corrected chi connectivity index (χ4v) is 2.19. The van der Waals surface area contributed by atoms with Gasteiger partial charge in [-0.25, -0.2) is 0 Å². The van der Waals surface area contributed by atoms with Crippen molar-refractivity contribution in [3.63, 3.8) is 0 Å². The molecule has 0 amide bonds. The standard InChI is InChI=1S/C13H18O4/c1-8-3-2-4-9(5-8)13-12(16)11(15)6-10(7-14)17-13/h2-5,10-16H,6-7H2,1H3/t10?,11?,12?,13-/m1/s1. The minimum atomic E-state index is -0.945. The number of rotatable bonds is 2. The van der Waals surface area contributed by atoms with Crippen LogP contribution in [0.3, 0.4) is 0 Å². The van der Waals surface area contributed by atoms with Gasteiger partial charge in [0.2, 0.25) is 0 Å². The fraction of sp³-hybridized carbons (Fsp3) is 0.538. The summed E-state index contributed by atoms with van der Waals surface area (Å²) in [4.78, 5) is 0. The Bertz CT molecular complexity index is 379. The number of aliphatic hydroxyl groups is 3. The molecule has 1 saturated heterocycles. The third kappa shape index (κ3) is 2.66. The molecule has 4 nitrogen and oxygen atoms in total. The highest BCUT2D eigenvalue weighted by molar-refractivity contribution is 5.25. The highest BCUT2D eigenvalue weighted by atomic mass is 16.5. The molecule has 0 aliphatic carbocycles. The van der Waals surface area contributed by atoms with Gasteiger partial charge in [0.15, 0.2) is 0 Å². The van der Waals surface area contributed by atoms with Crippen LogP contribution in [0.25, 0.3) is 0 Å². The number of aliphatic hydroxyl groups excluding tert-OH is 3. The molecule has 1 aromatic rings. The average molecular weight is 238 g/mol. The number of hydrogen-bond donors (Lipinski definition) is 3. The van der Waals surface area contributed by atoms with Crippen molar-refractivity contribution in [2.24, 2.45) is 0 Å². The van der Waals surface area contributed by atoms with E-state index in [0.717, 1.165) is 11.1 Å². The van der Waals surface area contributed by atoms with Gasteiger partial charge >= 0.3 is 0 Å². The highest BCUT2D eigenvalue weighted by Crippen LogP contribution is 2.32. The minimum Gasteiger partial charge on any atom is -0.394 e. The van der Waals surface area contributed by atoms with E-state index in [2.05, 4.69) is 0 Å². The van der Waals surface area contributed by atoms with E-state index in [-0.39, 0.29) is 13.0 Å². The average Bonchev–Trinajstić information content (AvgIpc) is 2.32. The molecule has 0 spiro atoms. The summed E-state index contributed by atoms with van der Waals surface area (Å²) < 4.78 is 5.60. The van der Waals surface area contributed by atoms with Gasteiger partial charge in [0.25, 0.3) is 0 Å². The molecule has 0 radical (unpaired) electrons. The molecular formula is C13H18O4. The van der Waals surface area contributed by atoms with E-state index in [1.807, 2.05) is 31.2 Å². The van der Waals surface area contributed by atoms with Crippen LogP contribution < -0.4 is 0 Å². The van der Waals surface area contributed by atoms with E-state index >= 15 is 0 Å². The Hall–Kier alpha value is -0.940. The maximum Gasteiger partial charge on any atom is 0.111 e. The van der Waals surface area contributed by atoms with Gasteiger partial charge < -0.3 is 20.1 Å². The zero-order valence-electron chi connectivity index (χ0n) is 9.78. The first-order valence-electron chi connectivity index (χ1n) is 5.81. The monoisotopic (exact) mass is 238 g/mol. The van der Waals surface area contributed by atoms with Crippen molar-refractivity contribution in [1.29, 1.82) is 0 Å². The van der Waals surface area contributed by atoms with Gasteiger partial charge in [-0.3, -0.25) is 0 Å². The highest BCUT2D eigenvalue weighted by Gasteiger charge is 2.37. The maximum atomic E-state index is 9.94. The van der Waals surface area contributed by atoms with Crippen LogP contribution in [-0.2, 0) is 4.74 Å². The Labute approximate surface area is 100 Å². The quantitative estimate of drug-likeness (QED) is 0.703. The van der Waals surface area contributed by atoms with Crippen LogP contribution in [0, 0.1) is 6.92 Å². The van der Waals surface area contributed by atoms with Crippen LogP contribution in [0.1, 0.15) is 23.7 Å². The molecule has 3 unspecified atom stereocenters. The summed E-state index contributed by atoms with van der Waals surface area (Å²) in [6, 6.07) is 7.61. The molecule has 0 aromatic heterocycles. The van der Waals surface area contributed by atoms with Crippen molar-refractivity contribution in [2.45, 2.75) is 37.8 Å². The third-order valence-corrected chi connectivity index (χ3v) is 3.12. The molecule has 17 heavy (non-hydrogen) atoms. The van der Waals surface area contributed by atoms with Gasteiger partial charge in [-0.2, -0.15) is 0 Å². The smallest absolute Gasteiger partial charge is 0.111 e. The molecule has 2 rings (SSSR count). The van der Waals surface area contributed by atoms with Crippen molar-refractivity contribution in [3.05, 3.63) is 35.4 Å². The second-order valence-electron chi connectivity index (χ2n) is 4.57. The molecule has 1 aromatic carbocycles. The lowest BCUT2D eigenvalue weighted by Gasteiger charge is -2.36. The summed E-state index contributed by atoms with van der Waals surface area (Å²) in [6.07, 6.45) is -2.53. The van der Waals surface area contributed by atoms with Crippen molar-refractivity contribution < 1.29 is 20.1 Å². The minimum absolute atomic E-state index is 0.147. The second kappa shape index (κ2) is 5.14. The Balaban J connectivity index is 2.23. The number of aryl methyl sites for hydroxylation is 1. The summed E-state index contributed by atoms with van der Waals surface area (Å²) in [5.74, 6) is 0. The summed E-state index contributed by atoms with van der Waals surface area (Å²) in [5.41, 5.74) is 1.90. The van der Waals surface area contributed by atoms with Crippen LogP contribution in [0.15, 0.2) is 24.3 Å². The van der Waals surface area contributed by atoms with Crippen LogP contribution in [0.2, 0.25) is 0 Å². The largest absolute Gasteiger partial charge is 0.394 e. The number of ether oxygens (including phenoxy) is 1. The van der Waals surface area contributed by atoms with E-state index in [9.17, 15) is 10.2 Å². The number of hydrogen-bond acceptors (Lipinski definition) is 4. The van der Waals surface area contributed by atoms with Crippen LogP contribution in [0.4, 0.5) is 0 Å². The van der Waals surface area contributed by atoms with E-state index in [1.165, 1.54) is 0 Å². The zero-order chi connectivity index (χ0) is 12.4. The molecule has 4 heteroatoms. The van der Waals surface area contributed by atoms with Crippen LogP contribution in [0.5, 0.6) is 0 Å². The first-order chi connectivity index (χ1) is 8.11. The van der Waals surface area contributed by atoms with Crippen LogP contribution in [-0.4, -0.2) is 40.2 Å². The lowest BCUT2D eigenvalue weighted by atomic mass is 9.93. The van der Waals surface area contributed by atoms with Gasteiger partial charge in [0, 0.05) is 6.42 Å². The van der Waals surface area contributed by atoms with Gasteiger partial charge in [-0.05, 0) is 12.5 Å². The molecule has 1 aliphatic heterocycles. The molecule has 0 bridgehead atoms. The summed E-state index contributed by atoms with van der Waals surface area (Å²) in [5, 5.41) is 28.8. The predicted molar refractivity (Wildman–Crippen MR) is 62.5 cm³/mol. The van der Waals surface area contributed by atoms with Gasteiger partial charge in [0.1, 0.15) is 12.2 Å². The Morgan fingerprint density at radius 3 is 2.76 bits per heavy atom. The van der Waals surface area contributed by atoms with E-state index in [4.69, 9.17) is 9.84 Å². The Morgan fingerprint density at radius 2 is 2.12 bits per heavy atom. The Kier molecular flexibility index (Phi) is 3.79. The van der Waals surface area contributed by atoms with Crippen molar-refractivity contribution in [3.8, 4) is 0 Å². The third-order valence-electron chi connectivity index (χ3n) is 3.12. The lowest BCUT2D eigenvalue weighted by molar-refractivity contribution is -0.179. The molecular weight excluding hydrogens is 220 g/mol. The van der Waals surface area contributed by atoms with Gasteiger partial charge in [-0.15, -0.1) is 0 Å². The summed E-state index contributed by atoms with van der Waals surface area (Å²) in [7, 11) is 0. The van der Waals surface area contributed by atoms with Crippen molar-refractivity contribution >= 4 is 0 Å². The van der Waals surface area contributed by atoms with Crippen LogP contribution >= 0.6 is 0 Å². The molecule has 1 aliphatic rings. The summed E-state index contributed by atoms with van der Waals surface area (Å²) >= 11 is 0. The molecule has 1 heterocycles. The summed E-state index contributed by atoms with van der Waals surface area (Å²) in [6.45, 7) is 1.81. The Morgan fingerprint density at radius 1 is 1.35 bits per heavy atom. The molecule has 0 saturated carbocycles. The fourth-order valence-electron chi connectivity index (χ4n) is 2.19. The zero-order valence-corrected chi connectivity index (χ0v) is 9.78. The normalized spacial score (nSPS) is 33.6. The van der Waals surface area contributed by atoms with E-state index in [0.29, 0.717) is 0 Å². The second-order valence-corrected chi connectivity index (χ2v) is 4.57. The first kappa shape index (κ1) is 12.5. The number of benzene rings is 1. The maximum absolute atomic E-state index is 9.94. The van der Waals surface area contributed by atoms with E-state index in [1.54, 1.807) is 0 Å². The molecule has 4 atom stereocenters. The van der Waals surface area contributed by atoms with E-state index < -0.39 is 24.4 Å². The van der Waals surface area contributed by atoms with Gasteiger partial charge in [-0.1, -0.05) is 29.8 Å². The van der Waals surface area contributed by atoms with Crippen molar-refractivity contribution in [1.82, 2.24) is 0 Å². The molecule has 1 fully saturated rings. The lowest BCUT2D eigenvalue weighted by Crippen LogP contribution is -2.44. The van der Waals surface area contributed by atoms with Gasteiger partial charge in [0.05, 0.1) is 18.8 Å². The topological polar surface area (TPSA) is 69.9 Å². The SMILES string of the molecule is Cc1cccc([C@H]2OC(CO)CC(O)C2O)c1. The first-order valence-corrected chi connectivity index (χ1v) is 5.81. The molecule has 3 N–H and O–H groups in total. The van der Waals surface area contributed by atoms with Crippen molar-refractivity contribution in [2.75, 3.05) is 6.61 Å². The predicted octanol–water partition coefficient (Wildman–Crippen LogP) is 0.539.